The maximum atomic E-state index is 13.4. The lowest BCUT2D eigenvalue weighted by atomic mass is 9.95. The van der Waals surface area contributed by atoms with Crippen LogP contribution in [0.4, 0.5) is 0 Å². The molecule has 0 spiro atoms. The van der Waals surface area contributed by atoms with Crippen molar-refractivity contribution in [2.24, 2.45) is 0 Å². The largest absolute Gasteiger partial charge is 0.494 e. The standard InChI is InChI=1S/C27H33Cl3N2O3/c1-2-25(27(34)31-20-8-4-3-5-9-20)32(18-22-23(29)10-6-11-24(22)30)26(33)12-7-17-35-21-15-13-19(28)14-16-21/h6,10-11,13-16,20,25H,2-5,7-9,12,17-18H2,1H3,(H,31,34)/t25-/m0/s1. The number of halogens is 3. The van der Waals surface area contributed by atoms with Crippen molar-refractivity contribution >= 4 is 46.6 Å². The van der Waals surface area contributed by atoms with Crippen molar-refractivity contribution in [1.29, 1.82) is 0 Å². The molecule has 0 radical (unpaired) electrons. The van der Waals surface area contributed by atoms with Crippen LogP contribution in [-0.4, -0.2) is 35.4 Å². The molecule has 0 bridgehead atoms. The first-order valence-corrected chi connectivity index (χ1v) is 13.4. The number of hydrogen-bond acceptors (Lipinski definition) is 3. The van der Waals surface area contributed by atoms with E-state index in [-0.39, 0.29) is 30.8 Å². The SMILES string of the molecule is CC[C@@H](C(=O)NC1CCCCC1)N(Cc1c(Cl)cccc1Cl)C(=O)CCCOc1ccc(Cl)cc1. The van der Waals surface area contributed by atoms with Gasteiger partial charge in [-0.1, -0.05) is 67.1 Å². The topological polar surface area (TPSA) is 58.6 Å². The van der Waals surface area contributed by atoms with E-state index in [9.17, 15) is 9.59 Å². The molecule has 1 atom stereocenters. The van der Waals surface area contributed by atoms with Gasteiger partial charge in [0.1, 0.15) is 11.8 Å². The molecule has 2 amide bonds. The van der Waals surface area contributed by atoms with Gasteiger partial charge in [-0.05, 0) is 62.1 Å². The average molecular weight is 540 g/mol. The van der Waals surface area contributed by atoms with Crippen molar-refractivity contribution in [3.63, 3.8) is 0 Å². The Bertz CT molecular complexity index is 958. The van der Waals surface area contributed by atoms with Crippen LogP contribution < -0.4 is 10.1 Å². The Morgan fingerprint density at radius 3 is 2.31 bits per heavy atom. The predicted octanol–water partition coefficient (Wildman–Crippen LogP) is 7.06. The van der Waals surface area contributed by atoms with E-state index >= 15 is 0 Å². The quantitative estimate of drug-likeness (QED) is 0.311. The number of amides is 2. The number of rotatable bonds is 11. The van der Waals surface area contributed by atoms with Gasteiger partial charge in [0, 0.05) is 39.6 Å². The van der Waals surface area contributed by atoms with Crippen molar-refractivity contribution in [3.05, 3.63) is 63.1 Å². The van der Waals surface area contributed by atoms with Gasteiger partial charge < -0.3 is 15.0 Å². The molecule has 1 aliphatic rings. The number of carbonyl (C=O) groups excluding carboxylic acids is 2. The molecule has 0 heterocycles. The summed E-state index contributed by atoms with van der Waals surface area (Å²) < 4.78 is 5.73. The van der Waals surface area contributed by atoms with Crippen molar-refractivity contribution < 1.29 is 14.3 Å². The van der Waals surface area contributed by atoms with Crippen LogP contribution in [0.5, 0.6) is 5.75 Å². The second-order valence-corrected chi connectivity index (χ2v) is 10.1. The number of hydrogen-bond donors (Lipinski definition) is 1. The lowest BCUT2D eigenvalue weighted by Crippen LogP contribution is -2.51. The van der Waals surface area contributed by atoms with Gasteiger partial charge in [-0.2, -0.15) is 0 Å². The number of carbonyl (C=O) groups is 2. The number of ether oxygens (including phenoxy) is 1. The predicted molar refractivity (Wildman–Crippen MR) is 142 cm³/mol. The zero-order chi connectivity index (χ0) is 25.2. The van der Waals surface area contributed by atoms with Gasteiger partial charge in [0.15, 0.2) is 0 Å². The second kappa shape index (κ2) is 14.0. The summed E-state index contributed by atoms with van der Waals surface area (Å²) in [7, 11) is 0. The molecule has 8 heteroatoms. The third-order valence-electron chi connectivity index (χ3n) is 6.34. The maximum absolute atomic E-state index is 13.4. The highest BCUT2D eigenvalue weighted by atomic mass is 35.5. The van der Waals surface area contributed by atoms with Gasteiger partial charge in [-0.3, -0.25) is 9.59 Å². The van der Waals surface area contributed by atoms with E-state index in [1.165, 1.54) is 6.42 Å². The summed E-state index contributed by atoms with van der Waals surface area (Å²) in [5, 5.41) is 4.77. The van der Waals surface area contributed by atoms with E-state index < -0.39 is 6.04 Å². The van der Waals surface area contributed by atoms with E-state index in [0.717, 1.165) is 25.7 Å². The fourth-order valence-electron chi connectivity index (χ4n) is 4.41. The summed E-state index contributed by atoms with van der Waals surface area (Å²) >= 11 is 18.7. The Morgan fingerprint density at radius 1 is 1.03 bits per heavy atom. The Hall–Kier alpha value is -1.95. The molecule has 0 aliphatic heterocycles. The van der Waals surface area contributed by atoms with Crippen LogP contribution >= 0.6 is 34.8 Å². The highest BCUT2D eigenvalue weighted by Gasteiger charge is 2.31. The monoisotopic (exact) mass is 538 g/mol. The molecule has 5 nitrogen and oxygen atoms in total. The van der Waals surface area contributed by atoms with Crippen LogP contribution in [0, 0.1) is 0 Å². The lowest BCUT2D eigenvalue weighted by Gasteiger charge is -2.33. The van der Waals surface area contributed by atoms with Gasteiger partial charge in [0.25, 0.3) is 0 Å². The van der Waals surface area contributed by atoms with Crippen LogP contribution in [0.2, 0.25) is 15.1 Å². The zero-order valence-electron chi connectivity index (χ0n) is 20.1. The van der Waals surface area contributed by atoms with E-state index in [1.807, 2.05) is 6.92 Å². The van der Waals surface area contributed by atoms with Crippen LogP contribution in [0.25, 0.3) is 0 Å². The van der Waals surface area contributed by atoms with Crippen molar-refractivity contribution in [3.8, 4) is 5.75 Å². The number of benzene rings is 2. The molecule has 1 aliphatic carbocycles. The molecule has 0 aromatic heterocycles. The molecule has 190 valence electrons. The van der Waals surface area contributed by atoms with Crippen molar-refractivity contribution in [2.45, 2.75) is 76.9 Å². The van der Waals surface area contributed by atoms with E-state index in [0.29, 0.717) is 45.8 Å². The minimum absolute atomic E-state index is 0.117. The zero-order valence-corrected chi connectivity index (χ0v) is 22.3. The van der Waals surface area contributed by atoms with Crippen LogP contribution in [0.1, 0.15) is 63.9 Å². The second-order valence-electron chi connectivity index (χ2n) is 8.90. The van der Waals surface area contributed by atoms with E-state index in [1.54, 1.807) is 47.4 Å². The molecule has 3 rings (SSSR count). The third kappa shape index (κ3) is 8.30. The minimum Gasteiger partial charge on any atom is -0.494 e. The van der Waals surface area contributed by atoms with Gasteiger partial charge in [0.05, 0.1) is 6.61 Å². The highest BCUT2D eigenvalue weighted by molar-refractivity contribution is 6.36. The Balaban J connectivity index is 1.69. The molecule has 1 saturated carbocycles. The molecule has 0 unspecified atom stereocenters. The van der Waals surface area contributed by atoms with Crippen LogP contribution in [-0.2, 0) is 16.1 Å². The summed E-state index contributed by atoms with van der Waals surface area (Å²) in [6.45, 7) is 2.47. The normalized spacial score (nSPS) is 14.9. The fraction of sp³-hybridized carbons (Fsp3) is 0.481. The Labute approximate surface area is 223 Å². The Morgan fingerprint density at radius 2 is 1.69 bits per heavy atom. The molecular formula is C27H33Cl3N2O3. The van der Waals surface area contributed by atoms with Crippen LogP contribution in [0.3, 0.4) is 0 Å². The molecular weight excluding hydrogens is 507 g/mol. The van der Waals surface area contributed by atoms with Gasteiger partial charge in [-0.25, -0.2) is 0 Å². The van der Waals surface area contributed by atoms with Crippen LogP contribution in [0.15, 0.2) is 42.5 Å². The minimum atomic E-state index is -0.603. The lowest BCUT2D eigenvalue weighted by molar-refractivity contribution is -0.142. The summed E-state index contributed by atoms with van der Waals surface area (Å²) in [6, 6.07) is 11.9. The average Bonchev–Trinajstić information content (AvgIpc) is 2.85. The third-order valence-corrected chi connectivity index (χ3v) is 7.31. The van der Waals surface area contributed by atoms with Gasteiger partial charge >= 0.3 is 0 Å². The summed E-state index contributed by atoms with van der Waals surface area (Å²) in [5.74, 6) is 0.444. The smallest absolute Gasteiger partial charge is 0.243 e. The molecule has 0 saturated heterocycles. The first kappa shape index (κ1) is 27.6. The summed E-state index contributed by atoms with van der Waals surface area (Å²) in [4.78, 5) is 28.3. The molecule has 2 aromatic carbocycles. The number of nitrogens with zero attached hydrogens (tertiary/aromatic N) is 1. The summed E-state index contributed by atoms with van der Waals surface area (Å²) in [6.07, 6.45) is 6.64. The van der Waals surface area contributed by atoms with E-state index in [4.69, 9.17) is 39.5 Å². The molecule has 35 heavy (non-hydrogen) atoms. The molecule has 1 N–H and O–H groups in total. The summed E-state index contributed by atoms with van der Waals surface area (Å²) in [5.41, 5.74) is 0.644. The highest BCUT2D eigenvalue weighted by Crippen LogP contribution is 2.28. The van der Waals surface area contributed by atoms with Gasteiger partial charge in [-0.15, -0.1) is 0 Å². The molecule has 2 aromatic rings. The fourth-order valence-corrected chi connectivity index (χ4v) is 5.05. The van der Waals surface area contributed by atoms with Gasteiger partial charge in [0.2, 0.25) is 11.8 Å². The van der Waals surface area contributed by atoms with E-state index in [2.05, 4.69) is 5.32 Å². The first-order chi connectivity index (χ1) is 16.9. The maximum Gasteiger partial charge on any atom is 0.243 e. The number of nitrogens with one attached hydrogen (secondary N) is 1. The van der Waals surface area contributed by atoms with Crippen molar-refractivity contribution in [1.82, 2.24) is 10.2 Å². The molecule has 1 fully saturated rings. The van der Waals surface area contributed by atoms with Crippen molar-refractivity contribution in [2.75, 3.05) is 6.61 Å². The first-order valence-electron chi connectivity index (χ1n) is 12.3. The Kier molecular flexibility index (Phi) is 11.0.